The Morgan fingerprint density at radius 1 is 1.24 bits per heavy atom. The van der Waals surface area contributed by atoms with E-state index in [0.717, 1.165) is 37.8 Å². The summed E-state index contributed by atoms with van der Waals surface area (Å²) in [5.74, 6) is 2.14. The molecule has 17 heavy (non-hydrogen) atoms. The van der Waals surface area contributed by atoms with Crippen LogP contribution in [0.5, 0.6) is 0 Å². The molecule has 1 amide bonds. The lowest BCUT2D eigenvalue weighted by Crippen LogP contribution is -2.44. The van der Waals surface area contributed by atoms with Crippen LogP contribution in [0.3, 0.4) is 0 Å². The lowest BCUT2D eigenvalue weighted by molar-refractivity contribution is -0.141. The van der Waals surface area contributed by atoms with Gasteiger partial charge in [-0.1, -0.05) is 26.7 Å². The lowest BCUT2D eigenvalue weighted by Gasteiger charge is -2.35. The molecule has 1 saturated heterocycles. The Labute approximate surface area is 105 Å². The first-order chi connectivity index (χ1) is 8.18. The van der Waals surface area contributed by atoms with Crippen LogP contribution in [-0.4, -0.2) is 37.1 Å². The molecule has 0 aromatic heterocycles. The van der Waals surface area contributed by atoms with Gasteiger partial charge in [-0.15, -0.1) is 0 Å². The van der Waals surface area contributed by atoms with E-state index in [9.17, 15) is 4.79 Å². The summed E-state index contributed by atoms with van der Waals surface area (Å²) in [4.78, 5) is 14.4. The average molecular weight is 239 g/mol. The average Bonchev–Trinajstić information content (AvgIpc) is 2.39. The van der Waals surface area contributed by atoms with E-state index < -0.39 is 0 Å². The smallest absolute Gasteiger partial charge is 0.225 e. The van der Waals surface area contributed by atoms with Crippen LogP contribution in [0, 0.1) is 17.8 Å². The van der Waals surface area contributed by atoms with E-state index >= 15 is 0 Å². The summed E-state index contributed by atoms with van der Waals surface area (Å²) < 4.78 is 5.30. The van der Waals surface area contributed by atoms with Crippen molar-refractivity contribution in [2.24, 2.45) is 17.8 Å². The highest BCUT2D eigenvalue weighted by Crippen LogP contribution is 2.34. The molecule has 3 heteroatoms. The maximum absolute atomic E-state index is 12.4. The number of hydrogen-bond donors (Lipinski definition) is 0. The Morgan fingerprint density at radius 2 is 1.94 bits per heavy atom. The highest BCUT2D eigenvalue weighted by molar-refractivity contribution is 5.79. The second-order valence-electron chi connectivity index (χ2n) is 5.81. The topological polar surface area (TPSA) is 29.5 Å². The number of amides is 1. The van der Waals surface area contributed by atoms with E-state index in [4.69, 9.17) is 4.74 Å². The van der Waals surface area contributed by atoms with Crippen LogP contribution in [0.2, 0.25) is 0 Å². The van der Waals surface area contributed by atoms with Gasteiger partial charge < -0.3 is 9.64 Å². The Balaban J connectivity index is 1.89. The van der Waals surface area contributed by atoms with Gasteiger partial charge >= 0.3 is 0 Å². The molecule has 2 aliphatic rings. The molecule has 0 spiro atoms. The minimum absolute atomic E-state index is 0.286. The van der Waals surface area contributed by atoms with E-state index in [1.54, 1.807) is 0 Å². The van der Waals surface area contributed by atoms with Gasteiger partial charge in [-0.25, -0.2) is 0 Å². The maximum atomic E-state index is 12.4. The molecule has 1 aliphatic heterocycles. The molecule has 2 unspecified atom stereocenters. The summed E-state index contributed by atoms with van der Waals surface area (Å²) in [5.41, 5.74) is 0. The Morgan fingerprint density at radius 3 is 2.59 bits per heavy atom. The van der Waals surface area contributed by atoms with Crippen molar-refractivity contribution in [3.63, 3.8) is 0 Å². The highest BCUT2D eigenvalue weighted by atomic mass is 16.5. The standard InChI is InChI=1S/C14H25NO2/c1-11(2)12-4-3-5-13(10-12)14(16)15-6-8-17-9-7-15/h11-13H,3-10H2,1-2H3. The molecular formula is C14H25NO2. The van der Waals surface area contributed by atoms with E-state index in [2.05, 4.69) is 13.8 Å². The van der Waals surface area contributed by atoms with Gasteiger partial charge in [0.2, 0.25) is 5.91 Å². The van der Waals surface area contributed by atoms with Crippen LogP contribution in [0.4, 0.5) is 0 Å². The Kier molecular flexibility index (Phi) is 4.43. The first-order valence-corrected chi connectivity index (χ1v) is 7.05. The van der Waals surface area contributed by atoms with E-state index in [1.807, 2.05) is 4.90 Å². The fraction of sp³-hybridized carbons (Fsp3) is 0.929. The molecule has 98 valence electrons. The van der Waals surface area contributed by atoms with Gasteiger partial charge in [-0.3, -0.25) is 4.79 Å². The summed E-state index contributed by atoms with van der Waals surface area (Å²) in [7, 11) is 0. The van der Waals surface area contributed by atoms with Crippen molar-refractivity contribution in [3.05, 3.63) is 0 Å². The number of nitrogens with zero attached hydrogens (tertiary/aromatic N) is 1. The summed E-state index contributed by atoms with van der Waals surface area (Å²) in [6.45, 7) is 7.58. The molecule has 2 rings (SSSR count). The molecule has 0 bridgehead atoms. The van der Waals surface area contributed by atoms with Crippen LogP contribution in [0.1, 0.15) is 39.5 Å². The van der Waals surface area contributed by atoms with E-state index in [-0.39, 0.29) is 5.92 Å². The third kappa shape index (κ3) is 3.21. The molecule has 3 nitrogen and oxygen atoms in total. The fourth-order valence-electron chi connectivity index (χ4n) is 3.10. The normalized spacial score (nSPS) is 30.6. The quantitative estimate of drug-likeness (QED) is 0.740. The van der Waals surface area contributed by atoms with Crippen molar-refractivity contribution in [1.82, 2.24) is 4.90 Å². The Bertz CT molecular complexity index is 259. The molecule has 0 N–H and O–H groups in total. The predicted molar refractivity (Wildman–Crippen MR) is 67.7 cm³/mol. The van der Waals surface area contributed by atoms with Gasteiger partial charge in [0.1, 0.15) is 0 Å². The number of ether oxygens (including phenoxy) is 1. The van der Waals surface area contributed by atoms with Gasteiger partial charge in [0, 0.05) is 19.0 Å². The van der Waals surface area contributed by atoms with Gasteiger partial charge in [0.05, 0.1) is 13.2 Å². The van der Waals surface area contributed by atoms with Crippen molar-refractivity contribution < 1.29 is 9.53 Å². The molecule has 0 aromatic rings. The van der Waals surface area contributed by atoms with Crippen LogP contribution >= 0.6 is 0 Å². The number of rotatable bonds is 2. The molecule has 0 radical (unpaired) electrons. The maximum Gasteiger partial charge on any atom is 0.225 e. The summed E-state index contributed by atoms with van der Waals surface area (Å²) >= 11 is 0. The number of carbonyl (C=O) groups excluding carboxylic acids is 1. The van der Waals surface area contributed by atoms with Gasteiger partial charge in [0.15, 0.2) is 0 Å². The van der Waals surface area contributed by atoms with Crippen molar-refractivity contribution in [1.29, 1.82) is 0 Å². The largest absolute Gasteiger partial charge is 0.378 e. The minimum atomic E-state index is 0.286. The van der Waals surface area contributed by atoms with Gasteiger partial charge in [-0.2, -0.15) is 0 Å². The summed E-state index contributed by atoms with van der Waals surface area (Å²) in [5, 5.41) is 0. The van der Waals surface area contributed by atoms with E-state index in [1.165, 1.54) is 12.8 Å². The number of hydrogen-bond acceptors (Lipinski definition) is 2. The molecule has 1 heterocycles. The minimum Gasteiger partial charge on any atom is -0.378 e. The molecular weight excluding hydrogens is 214 g/mol. The van der Waals surface area contributed by atoms with E-state index in [0.29, 0.717) is 19.1 Å². The molecule has 2 fully saturated rings. The molecule has 0 aromatic carbocycles. The summed E-state index contributed by atoms with van der Waals surface area (Å²) in [6.07, 6.45) is 4.74. The first-order valence-electron chi connectivity index (χ1n) is 7.05. The van der Waals surface area contributed by atoms with Gasteiger partial charge in [-0.05, 0) is 24.7 Å². The van der Waals surface area contributed by atoms with Crippen LogP contribution in [-0.2, 0) is 9.53 Å². The lowest BCUT2D eigenvalue weighted by atomic mass is 9.76. The first kappa shape index (κ1) is 12.9. The highest BCUT2D eigenvalue weighted by Gasteiger charge is 2.31. The Hall–Kier alpha value is -0.570. The van der Waals surface area contributed by atoms with Crippen LogP contribution < -0.4 is 0 Å². The van der Waals surface area contributed by atoms with Crippen molar-refractivity contribution >= 4 is 5.91 Å². The van der Waals surface area contributed by atoms with Crippen molar-refractivity contribution in [2.75, 3.05) is 26.3 Å². The monoisotopic (exact) mass is 239 g/mol. The SMILES string of the molecule is CC(C)C1CCCC(C(=O)N2CCOCC2)C1. The zero-order chi connectivity index (χ0) is 12.3. The zero-order valence-electron chi connectivity index (χ0n) is 11.2. The second-order valence-corrected chi connectivity index (χ2v) is 5.81. The fourth-order valence-corrected chi connectivity index (χ4v) is 3.10. The second kappa shape index (κ2) is 5.85. The van der Waals surface area contributed by atoms with Crippen LogP contribution in [0.25, 0.3) is 0 Å². The molecule has 1 saturated carbocycles. The third-order valence-corrected chi connectivity index (χ3v) is 4.33. The predicted octanol–water partition coefficient (Wildman–Crippen LogP) is 2.31. The zero-order valence-corrected chi connectivity index (χ0v) is 11.2. The molecule has 1 aliphatic carbocycles. The van der Waals surface area contributed by atoms with Gasteiger partial charge in [0.25, 0.3) is 0 Å². The number of carbonyl (C=O) groups is 1. The van der Waals surface area contributed by atoms with Crippen molar-refractivity contribution in [3.8, 4) is 0 Å². The van der Waals surface area contributed by atoms with Crippen LogP contribution in [0.15, 0.2) is 0 Å². The van der Waals surface area contributed by atoms with Crippen molar-refractivity contribution in [2.45, 2.75) is 39.5 Å². The number of morpholine rings is 1. The summed E-state index contributed by atoms with van der Waals surface area (Å²) in [6, 6.07) is 0. The molecule has 2 atom stereocenters. The third-order valence-electron chi connectivity index (χ3n) is 4.33.